The van der Waals surface area contributed by atoms with Crippen LogP contribution in [-0.2, 0) is 34.9 Å². The van der Waals surface area contributed by atoms with Crippen LogP contribution >= 0.6 is 0 Å². The summed E-state index contributed by atoms with van der Waals surface area (Å²) in [4.78, 5) is 88.7. The maximum absolute atomic E-state index is 13.8. The molecule has 5 N–H and O–H groups in total. The molecule has 3 atom stereocenters. The first kappa shape index (κ1) is 45.6. The lowest BCUT2D eigenvalue weighted by Crippen LogP contribution is -2.47. The minimum absolute atomic E-state index is 0.0706. The van der Waals surface area contributed by atoms with E-state index in [4.69, 9.17) is 10.5 Å². The van der Waals surface area contributed by atoms with Crippen LogP contribution in [0.5, 0.6) is 5.75 Å². The molecule has 0 radical (unpaired) electrons. The fourth-order valence-corrected chi connectivity index (χ4v) is 8.22. The van der Waals surface area contributed by atoms with Crippen LogP contribution in [0.1, 0.15) is 75.7 Å². The highest BCUT2D eigenvalue weighted by Gasteiger charge is 2.34. The summed E-state index contributed by atoms with van der Waals surface area (Å²) in [6, 6.07) is 18.3. The van der Waals surface area contributed by atoms with Gasteiger partial charge in [-0.05, 0) is 86.7 Å². The molecule has 2 aliphatic heterocycles. The Balaban J connectivity index is 0.824. The number of imidazole rings is 1. The monoisotopic (exact) mass is 904 g/mol. The highest BCUT2D eigenvalue weighted by atomic mass is 16.5. The van der Waals surface area contributed by atoms with Crippen LogP contribution in [0.3, 0.4) is 0 Å². The van der Waals surface area contributed by atoms with Crippen molar-refractivity contribution >= 4 is 69.6 Å². The molecule has 0 bridgehead atoms. The molecule has 0 saturated carbocycles. The third-order valence-corrected chi connectivity index (χ3v) is 11.9. The predicted molar refractivity (Wildman–Crippen MR) is 255 cm³/mol. The number of Topliss-reactive ketones (excluding diaryl/α,β-unsaturated/α-hetero) is 1. The van der Waals surface area contributed by atoms with Gasteiger partial charge in [0.15, 0.2) is 11.6 Å². The van der Waals surface area contributed by atoms with Crippen LogP contribution in [0.15, 0.2) is 102 Å². The summed E-state index contributed by atoms with van der Waals surface area (Å²) in [6.45, 7) is 9.81. The summed E-state index contributed by atoms with van der Waals surface area (Å²) in [6.07, 6.45) is 8.32. The summed E-state index contributed by atoms with van der Waals surface area (Å²) in [7, 11) is 3.50. The van der Waals surface area contributed by atoms with Gasteiger partial charge in [0, 0.05) is 81.0 Å². The Hall–Kier alpha value is -7.92. The number of benzene rings is 3. The van der Waals surface area contributed by atoms with Crippen LogP contribution in [0.2, 0.25) is 0 Å². The maximum atomic E-state index is 13.8. The lowest BCUT2D eigenvalue weighted by Gasteiger charge is -2.20. The van der Waals surface area contributed by atoms with E-state index in [1.165, 1.54) is 6.92 Å². The molecule has 17 nitrogen and oxygen atoms in total. The van der Waals surface area contributed by atoms with Gasteiger partial charge in [-0.2, -0.15) is 0 Å². The van der Waals surface area contributed by atoms with Gasteiger partial charge in [-0.15, -0.1) is 0 Å². The Kier molecular flexibility index (Phi) is 12.9. The van der Waals surface area contributed by atoms with Crippen molar-refractivity contribution < 1.29 is 33.5 Å². The molecule has 0 spiro atoms. The van der Waals surface area contributed by atoms with Crippen molar-refractivity contribution in [2.75, 3.05) is 23.8 Å². The number of aromatic nitrogens is 4. The number of fused-ring (bicyclic) bond motifs is 3. The van der Waals surface area contributed by atoms with Gasteiger partial charge in [0.2, 0.25) is 23.5 Å². The SMILES string of the molecule is C=C1C[C@H]2C=Nc3cc(OCCCC(=O)Nc4cn(C)c(C(=O)Cc5ccc(-c6cc(C(=O)n7ccc8cc(NC(=O)[C@H](C)NC(=O)[C@H](C)N)ccc87)n(C)c6)cc5)n4)c(C)cc3C(=O)N2C1. The van der Waals surface area contributed by atoms with E-state index in [9.17, 15) is 28.8 Å². The van der Waals surface area contributed by atoms with Crippen LogP contribution in [0.4, 0.5) is 17.2 Å². The average Bonchev–Trinajstić information content (AvgIpc) is 4.07. The van der Waals surface area contributed by atoms with Gasteiger partial charge in [0.1, 0.15) is 17.5 Å². The van der Waals surface area contributed by atoms with E-state index in [-0.39, 0.29) is 60.6 Å². The third kappa shape index (κ3) is 9.86. The van der Waals surface area contributed by atoms with E-state index in [0.29, 0.717) is 53.3 Å². The number of aliphatic imine (C=N–C) groups is 1. The highest BCUT2D eigenvalue weighted by Crippen LogP contribution is 2.35. The van der Waals surface area contributed by atoms with Gasteiger partial charge in [-0.1, -0.05) is 36.4 Å². The minimum atomic E-state index is -0.797. The van der Waals surface area contributed by atoms with E-state index >= 15 is 0 Å². The number of hydrogen-bond donors (Lipinski definition) is 4. The molecule has 1 fully saturated rings. The highest BCUT2D eigenvalue weighted by molar-refractivity contribution is 6.05. The number of carbonyl (C=O) groups excluding carboxylic acids is 6. The van der Waals surface area contributed by atoms with Gasteiger partial charge in [0.05, 0.1) is 35.5 Å². The number of ether oxygens (including phenoxy) is 1. The largest absolute Gasteiger partial charge is 0.493 e. The third-order valence-electron chi connectivity index (χ3n) is 11.9. The van der Waals surface area contributed by atoms with Crippen molar-refractivity contribution in [3.63, 3.8) is 0 Å². The second kappa shape index (κ2) is 18.9. The number of amides is 4. The maximum Gasteiger partial charge on any atom is 0.278 e. The van der Waals surface area contributed by atoms with Gasteiger partial charge >= 0.3 is 0 Å². The molecular formula is C50H52N10O7. The number of nitrogens with two attached hydrogens (primary N) is 1. The fourth-order valence-electron chi connectivity index (χ4n) is 8.22. The summed E-state index contributed by atoms with van der Waals surface area (Å²) in [5.74, 6) is -0.569. The first-order valence-electron chi connectivity index (χ1n) is 22.0. The quantitative estimate of drug-likeness (QED) is 0.0549. The first-order valence-corrected chi connectivity index (χ1v) is 22.0. The predicted octanol–water partition coefficient (Wildman–Crippen LogP) is 5.88. The normalized spacial score (nSPS) is 15.1. The van der Waals surface area contributed by atoms with Crippen LogP contribution < -0.4 is 26.4 Å². The second-order valence-corrected chi connectivity index (χ2v) is 17.2. The summed E-state index contributed by atoms with van der Waals surface area (Å²) in [5.41, 5.74) is 12.5. The molecule has 2 aliphatic rings. The number of aryl methyl sites for hydroxylation is 3. The molecule has 0 aliphatic carbocycles. The van der Waals surface area contributed by atoms with E-state index in [1.807, 2.05) is 43.5 Å². The molecule has 17 heteroatoms. The molecule has 1 saturated heterocycles. The van der Waals surface area contributed by atoms with E-state index in [0.717, 1.165) is 33.2 Å². The topological polar surface area (TPSA) is 217 Å². The van der Waals surface area contributed by atoms with Gasteiger partial charge in [-0.3, -0.25) is 38.3 Å². The molecule has 67 heavy (non-hydrogen) atoms. The number of anilines is 2. The summed E-state index contributed by atoms with van der Waals surface area (Å²) >= 11 is 0. The van der Waals surface area contributed by atoms with Gasteiger partial charge < -0.3 is 40.5 Å². The zero-order valence-electron chi connectivity index (χ0n) is 38.0. The molecule has 344 valence electrons. The molecule has 8 rings (SSSR count). The Labute approximate surface area is 386 Å². The van der Waals surface area contributed by atoms with Crippen LogP contribution in [0, 0.1) is 6.92 Å². The Bertz CT molecular complexity index is 3010. The minimum Gasteiger partial charge on any atom is -0.493 e. The molecular weight excluding hydrogens is 853 g/mol. The molecule has 4 amide bonds. The molecule has 5 heterocycles. The van der Waals surface area contributed by atoms with E-state index < -0.39 is 23.9 Å². The van der Waals surface area contributed by atoms with Crippen molar-refractivity contribution in [1.82, 2.24) is 28.9 Å². The number of nitrogens with zero attached hydrogens (tertiary/aromatic N) is 6. The molecule has 3 aromatic carbocycles. The second-order valence-electron chi connectivity index (χ2n) is 17.2. The van der Waals surface area contributed by atoms with E-state index in [1.54, 1.807) is 94.6 Å². The van der Waals surface area contributed by atoms with Crippen molar-refractivity contribution in [1.29, 1.82) is 0 Å². The Morgan fingerprint density at radius 3 is 2.46 bits per heavy atom. The summed E-state index contributed by atoms with van der Waals surface area (Å²) < 4.78 is 10.9. The van der Waals surface area contributed by atoms with Crippen LogP contribution in [-0.4, -0.2) is 96.4 Å². The number of hydrogen-bond acceptors (Lipinski definition) is 10. The zero-order valence-corrected chi connectivity index (χ0v) is 38.0. The van der Waals surface area contributed by atoms with Crippen molar-refractivity contribution in [2.24, 2.45) is 24.8 Å². The molecule has 6 aromatic rings. The summed E-state index contributed by atoms with van der Waals surface area (Å²) in [5, 5.41) is 8.88. The first-order chi connectivity index (χ1) is 32.0. The Morgan fingerprint density at radius 2 is 1.70 bits per heavy atom. The van der Waals surface area contributed by atoms with Crippen LogP contribution in [0.25, 0.3) is 22.0 Å². The fraction of sp³-hybridized carbons (Fsp3) is 0.280. The van der Waals surface area contributed by atoms with Gasteiger partial charge in [-0.25, -0.2) is 4.98 Å². The lowest BCUT2D eigenvalue weighted by atomic mass is 10.0. The van der Waals surface area contributed by atoms with Crippen molar-refractivity contribution in [3.05, 3.63) is 126 Å². The molecule has 0 unspecified atom stereocenters. The Morgan fingerprint density at radius 1 is 0.925 bits per heavy atom. The average molecular weight is 905 g/mol. The van der Waals surface area contributed by atoms with Crippen molar-refractivity contribution in [2.45, 2.75) is 64.6 Å². The molecule has 3 aromatic heterocycles. The number of nitrogens with one attached hydrogen (secondary N) is 3. The zero-order chi connectivity index (χ0) is 47.7. The number of carbonyl (C=O) groups is 6. The number of rotatable bonds is 15. The lowest BCUT2D eigenvalue weighted by molar-refractivity contribution is -0.126. The number of ketones is 1. The smallest absolute Gasteiger partial charge is 0.278 e. The van der Waals surface area contributed by atoms with E-state index in [2.05, 4.69) is 32.5 Å². The van der Waals surface area contributed by atoms with Crippen molar-refractivity contribution in [3.8, 4) is 16.9 Å². The standard InChI is InChI=1S/C50H52N10O7/c1-28-18-37-24-52-39-23-43(29(2)19-38(39)49(65)60(37)25-28)67-17-7-8-45(62)55-44-27-58(6)46(56-44)42(61)20-32-9-11-33(12-10-32)35-22-41(57(5)26-35)50(66)59-16-15-34-21-36(13-14-40(34)59)54-48(64)31(4)53-47(63)30(3)51/h9-16,19,21-24,26-27,30-31,37H,1,7-8,17-18,20,25,51H2,2-6H3,(H,53,63)(H,54,64)(H,55,62)/t30-,31-,37-/m0/s1. The van der Waals surface area contributed by atoms with Gasteiger partial charge in [0.25, 0.3) is 11.8 Å².